The summed E-state index contributed by atoms with van der Waals surface area (Å²) in [7, 11) is 0. The first-order valence-electron chi connectivity index (χ1n) is 4.08. The lowest BCUT2D eigenvalue weighted by atomic mass is 10.2. The van der Waals surface area contributed by atoms with E-state index in [-0.39, 0.29) is 0 Å². The topological polar surface area (TPSA) is 46.0 Å². The summed E-state index contributed by atoms with van der Waals surface area (Å²) in [4.78, 5) is 8.15. The highest BCUT2D eigenvalue weighted by molar-refractivity contribution is 9.10. The van der Waals surface area contributed by atoms with Gasteiger partial charge in [-0.05, 0) is 28.1 Å². The minimum atomic E-state index is -0.819. The lowest BCUT2D eigenvalue weighted by Crippen LogP contribution is -2.01. The molecule has 1 N–H and O–H groups in total. The number of hydrogen-bond acceptors (Lipinski definition) is 4. The Bertz CT molecular complexity index is 477. The molecule has 0 fully saturated rings. The number of aliphatic hydroxyl groups excluding tert-OH is 1. The van der Waals surface area contributed by atoms with Gasteiger partial charge in [-0.3, -0.25) is 0 Å². The fourth-order valence-corrected chi connectivity index (χ4v) is 2.38. The molecule has 2 aromatic rings. The molecule has 0 aliphatic heterocycles. The maximum atomic E-state index is 9.94. The molecular weight excluding hydrogens is 300 g/mol. The third-order valence-electron chi connectivity index (χ3n) is 1.75. The largest absolute Gasteiger partial charge is 0.380 e. The monoisotopic (exact) mass is 304 g/mol. The maximum Gasteiger partial charge on any atom is 0.147 e. The summed E-state index contributed by atoms with van der Waals surface area (Å²) in [6.07, 6.45) is 0.697. The van der Waals surface area contributed by atoms with Gasteiger partial charge in [-0.1, -0.05) is 17.7 Å². The van der Waals surface area contributed by atoms with Crippen molar-refractivity contribution in [3.05, 3.63) is 44.0 Å². The molecule has 0 aliphatic rings. The van der Waals surface area contributed by atoms with Crippen LogP contribution < -0.4 is 0 Å². The van der Waals surface area contributed by atoms with Crippen LogP contribution in [0.3, 0.4) is 0 Å². The predicted octanol–water partition coefficient (Wildman–Crippen LogP) is 3.04. The Morgan fingerprint density at radius 2 is 2.27 bits per heavy atom. The summed E-state index contributed by atoms with van der Waals surface area (Å²) in [6, 6.07) is 5.35. The Morgan fingerprint density at radius 3 is 2.87 bits per heavy atom. The predicted molar refractivity (Wildman–Crippen MR) is 63.1 cm³/mol. The molecule has 3 nitrogen and oxygen atoms in total. The van der Waals surface area contributed by atoms with Gasteiger partial charge in [-0.25, -0.2) is 9.97 Å². The Balaban J connectivity index is 2.32. The normalized spacial score (nSPS) is 12.7. The van der Waals surface area contributed by atoms with E-state index in [1.54, 1.807) is 12.1 Å². The van der Waals surface area contributed by atoms with Crippen LogP contribution in [0.15, 0.2) is 29.0 Å². The van der Waals surface area contributed by atoms with Crippen LogP contribution in [-0.2, 0) is 0 Å². The fourth-order valence-electron chi connectivity index (χ4n) is 1.10. The maximum absolute atomic E-state index is 9.94. The van der Waals surface area contributed by atoms with Crippen LogP contribution in [0.1, 0.15) is 16.8 Å². The number of thiazole rings is 1. The zero-order valence-electron chi connectivity index (χ0n) is 7.39. The number of hydrogen-bond donors (Lipinski definition) is 1. The van der Waals surface area contributed by atoms with E-state index >= 15 is 0 Å². The average Bonchev–Trinajstić information content (AvgIpc) is 2.64. The second-order valence-electron chi connectivity index (χ2n) is 2.79. The average molecular weight is 306 g/mol. The SMILES string of the molecule is OC(c1cccc(Br)n1)c1ncc(Cl)s1. The summed E-state index contributed by atoms with van der Waals surface area (Å²) in [5.41, 5.74) is 0.551. The van der Waals surface area contributed by atoms with Gasteiger partial charge in [0.05, 0.1) is 11.9 Å². The van der Waals surface area contributed by atoms with Crippen LogP contribution in [0.2, 0.25) is 4.34 Å². The molecule has 0 radical (unpaired) electrons. The third-order valence-corrected chi connectivity index (χ3v) is 3.35. The van der Waals surface area contributed by atoms with Crippen LogP contribution >= 0.6 is 38.9 Å². The molecule has 0 bridgehead atoms. The van der Waals surface area contributed by atoms with Gasteiger partial charge < -0.3 is 5.11 Å². The first-order valence-corrected chi connectivity index (χ1v) is 6.07. The molecule has 2 aromatic heterocycles. The number of aromatic nitrogens is 2. The summed E-state index contributed by atoms with van der Waals surface area (Å²) in [5.74, 6) is 0. The Morgan fingerprint density at radius 1 is 1.47 bits per heavy atom. The quantitative estimate of drug-likeness (QED) is 0.868. The smallest absolute Gasteiger partial charge is 0.147 e. The molecule has 0 saturated carbocycles. The van der Waals surface area contributed by atoms with E-state index in [9.17, 15) is 5.11 Å². The number of pyridine rings is 1. The zero-order chi connectivity index (χ0) is 10.8. The lowest BCUT2D eigenvalue weighted by Gasteiger charge is -2.06. The number of aliphatic hydroxyl groups is 1. The van der Waals surface area contributed by atoms with E-state index in [0.29, 0.717) is 19.6 Å². The third kappa shape index (κ3) is 2.55. The van der Waals surface area contributed by atoms with Crippen molar-refractivity contribution in [2.75, 3.05) is 0 Å². The molecule has 0 spiro atoms. The number of nitrogens with zero attached hydrogens (tertiary/aromatic N) is 2. The first-order chi connectivity index (χ1) is 7.16. The molecule has 0 amide bonds. The standard InChI is InChI=1S/C9H6BrClN2OS/c10-6-3-1-2-5(13-6)8(14)9-12-4-7(11)15-9/h1-4,8,14H. The molecule has 0 aliphatic carbocycles. The van der Waals surface area contributed by atoms with E-state index in [4.69, 9.17) is 11.6 Å². The van der Waals surface area contributed by atoms with Gasteiger partial charge in [-0.2, -0.15) is 0 Å². The van der Waals surface area contributed by atoms with Crippen molar-refractivity contribution in [1.29, 1.82) is 0 Å². The zero-order valence-corrected chi connectivity index (χ0v) is 10.6. The second-order valence-corrected chi connectivity index (χ2v) is 5.30. The molecular formula is C9H6BrClN2OS. The van der Waals surface area contributed by atoms with Crippen molar-refractivity contribution in [2.24, 2.45) is 0 Å². The van der Waals surface area contributed by atoms with Crippen molar-refractivity contribution >= 4 is 38.9 Å². The highest BCUT2D eigenvalue weighted by Gasteiger charge is 2.15. The molecule has 2 rings (SSSR count). The van der Waals surface area contributed by atoms with Crippen molar-refractivity contribution in [2.45, 2.75) is 6.10 Å². The first kappa shape index (κ1) is 11.0. The molecule has 1 atom stereocenters. The minimum absolute atomic E-state index is 0.547. The second kappa shape index (κ2) is 4.57. The Kier molecular flexibility index (Phi) is 3.35. The molecule has 0 aromatic carbocycles. The van der Waals surface area contributed by atoms with Crippen LogP contribution in [0.4, 0.5) is 0 Å². The molecule has 6 heteroatoms. The Labute approximate surface area is 104 Å². The van der Waals surface area contributed by atoms with Gasteiger partial charge in [0.15, 0.2) is 0 Å². The molecule has 0 saturated heterocycles. The van der Waals surface area contributed by atoms with Gasteiger partial charge in [-0.15, -0.1) is 11.3 Å². The van der Waals surface area contributed by atoms with Gasteiger partial charge in [0.1, 0.15) is 20.1 Å². The van der Waals surface area contributed by atoms with E-state index < -0.39 is 6.10 Å². The van der Waals surface area contributed by atoms with Crippen LogP contribution in [0.5, 0.6) is 0 Å². The summed E-state index contributed by atoms with van der Waals surface area (Å²) in [5, 5.41) is 10.5. The van der Waals surface area contributed by atoms with E-state index in [1.165, 1.54) is 17.5 Å². The van der Waals surface area contributed by atoms with Gasteiger partial charge >= 0.3 is 0 Å². The van der Waals surface area contributed by atoms with Crippen molar-refractivity contribution in [1.82, 2.24) is 9.97 Å². The lowest BCUT2D eigenvalue weighted by molar-refractivity contribution is 0.214. The van der Waals surface area contributed by atoms with Crippen molar-refractivity contribution in [3.8, 4) is 0 Å². The highest BCUT2D eigenvalue weighted by Crippen LogP contribution is 2.27. The molecule has 78 valence electrons. The van der Waals surface area contributed by atoms with Crippen molar-refractivity contribution < 1.29 is 5.11 Å². The highest BCUT2D eigenvalue weighted by atomic mass is 79.9. The van der Waals surface area contributed by atoms with Crippen LogP contribution in [0, 0.1) is 0 Å². The number of halogens is 2. The Hall–Kier alpha value is -0.490. The van der Waals surface area contributed by atoms with E-state index in [0.717, 1.165) is 0 Å². The summed E-state index contributed by atoms with van der Waals surface area (Å²) < 4.78 is 1.24. The molecule has 15 heavy (non-hydrogen) atoms. The summed E-state index contributed by atoms with van der Waals surface area (Å²) in [6.45, 7) is 0. The van der Waals surface area contributed by atoms with Crippen LogP contribution in [-0.4, -0.2) is 15.1 Å². The van der Waals surface area contributed by atoms with Gasteiger partial charge in [0.25, 0.3) is 0 Å². The van der Waals surface area contributed by atoms with Crippen molar-refractivity contribution in [3.63, 3.8) is 0 Å². The summed E-state index contributed by atoms with van der Waals surface area (Å²) >= 11 is 10.2. The van der Waals surface area contributed by atoms with Gasteiger partial charge in [0.2, 0.25) is 0 Å². The van der Waals surface area contributed by atoms with Gasteiger partial charge in [0, 0.05) is 0 Å². The van der Waals surface area contributed by atoms with Crippen LogP contribution in [0.25, 0.3) is 0 Å². The molecule has 1 unspecified atom stereocenters. The fraction of sp³-hybridized carbons (Fsp3) is 0.111. The number of rotatable bonds is 2. The molecule has 2 heterocycles. The van der Waals surface area contributed by atoms with E-state index in [1.807, 2.05) is 6.07 Å². The minimum Gasteiger partial charge on any atom is -0.380 e. The van der Waals surface area contributed by atoms with E-state index in [2.05, 4.69) is 25.9 Å².